The molecular formula is C16H17ClN2O3S. The van der Waals surface area contributed by atoms with Gasteiger partial charge in [0.2, 0.25) is 15.9 Å². The third kappa shape index (κ3) is 5.67. The normalized spacial score (nSPS) is 11.2. The molecule has 0 aromatic heterocycles. The summed E-state index contributed by atoms with van der Waals surface area (Å²) in [6, 6.07) is 15.2. The van der Waals surface area contributed by atoms with Crippen LogP contribution in [0.25, 0.3) is 0 Å². The molecular weight excluding hydrogens is 336 g/mol. The molecule has 0 aliphatic rings. The largest absolute Gasteiger partial charge is 0.352 e. The summed E-state index contributed by atoms with van der Waals surface area (Å²) in [6.45, 7) is 0.422. The Morgan fingerprint density at radius 1 is 1.00 bits per heavy atom. The number of amides is 1. The topological polar surface area (TPSA) is 75.3 Å². The number of hydrogen-bond donors (Lipinski definition) is 2. The summed E-state index contributed by atoms with van der Waals surface area (Å²) in [5, 5.41) is 3.36. The molecule has 0 aliphatic heterocycles. The summed E-state index contributed by atoms with van der Waals surface area (Å²) in [5.41, 5.74) is 0.924. The lowest BCUT2D eigenvalue weighted by Crippen LogP contribution is -2.30. The zero-order chi connectivity index (χ0) is 16.7. The third-order valence-corrected chi connectivity index (χ3v) is 4.83. The molecule has 0 fully saturated rings. The molecule has 0 aliphatic carbocycles. The summed E-state index contributed by atoms with van der Waals surface area (Å²) in [6.07, 6.45) is 0.0691. The lowest BCUT2D eigenvalue weighted by molar-refractivity contribution is -0.121. The molecule has 0 bridgehead atoms. The minimum Gasteiger partial charge on any atom is -0.352 e. The van der Waals surface area contributed by atoms with E-state index in [4.69, 9.17) is 11.6 Å². The first-order valence-electron chi connectivity index (χ1n) is 7.03. The van der Waals surface area contributed by atoms with Crippen LogP contribution in [-0.2, 0) is 21.4 Å². The number of rotatable bonds is 7. The van der Waals surface area contributed by atoms with Crippen LogP contribution in [0.15, 0.2) is 59.5 Å². The van der Waals surface area contributed by atoms with Crippen molar-refractivity contribution in [2.45, 2.75) is 17.9 Å². The Labute approximate surface area is 140 Å². The number of halogens is 1. The molecule has 2 N–H and O–H groups in total. The van der Waals surface area contributed by atoms with Crippen molar-refractivity contribution in [3.8, 4) is 0 Å². The van der Waals surface area contributed by atoms with Crippen molar-refractivity contribution >= 4 is 27.5 Å². The van der Waals surface area contributed by atoms with Crippen LogP contribution in [0.4, 0.5) is 0 Å². The van der Waals surface area contributed by atoms with Gasteiger partial charge in [0.25, 0.3) is 0 Å². The molecule has 23 heavy (non-hydrogen) atoms. The molecule has 5 nitrogen and oxygen atoms in total. The van der Waals surface area contributed by atoms with E-state index >= 15 is 0 Å². The number of sulfonamides is 1. The first kappa shape index (κ1) is 17.5. The molecule has 1 amide bonds. The number of carbonyl (C=O) groups excluding carboxylic acids is 1. The molecule has 2 aromatic carbocycles. The molecule has 2 rings (SSSR count). The summed E-state index contributed by atoms with van der Waals surface area (Å²) in [4.78, 5) is 11.9. The minimum atomic E-state index is -3.57. The Kier molecular flexibility index (Phi) is 6.15. The van der Waals surface area contributed by atoms with Gasteiger partial charge in [0.1, 0.15) is 0 Å². The summed E-state index contributed by atoms with van der Waals surface area (Å²) < 4.78 is 26.3. The maximum Gasteiger partial charge on any atom is 0.240 e. The molecule has 2 aromatic rings. The van der Waals surface area contributed by atoms with E-state index in [-0.39, 0.29) is 23.8 Å². The van der Waals surface area contributed by atoms with E-state index in [9.17, 15) is 13.2 Å². The fourth-order valence-electron chi connectivity index (χ4n) is 1.87. The summed E-state index contributed by atoms with van der Waals surface area (Å²) >= 11 is 5.78. The second kappa shape index (κ2) is 8.10. The van der Waals surface area contributed by atoms with Crippen LogP contribution < -0.4 is 10.0 Å². The highest BCUT2D eigenvalue weighted by Crippen LogP contribution is 2.09. The maximum absolute atomic E-state index is 12.0. The van der Waals surface area contributed by atoms with Crippen molar-refractivity contribution < 1.29 is 13.2 Å². The summed E-state index contributed by atoms with van der Waals surface area (Å²) in [5.74, 6) is -0.226. The van der Waals surface area contributed by atoms with Crippen LogP contribution in [0.1, 0.15) is 12.0 Å². The first-order valence-corrected chi connectivity index (χ1v) is 8.89. The number of hydrogen-bond acceptors (Lipinski definition) is 3. The van der Waals surface area contributed by atoms with Crippen molar-refractivity contribution in [3.05, 3.63) is 65.2 Å². The average molecular weight is 353 g/mol. The molecule has 0 radical (unpaired) electrons. The second-order valence-corrected chi connectivity index (χ2v) is 7.07. The number of nitrogens with one attached hydrogen (secondary N) is 2. The Morgan fingerprint density at radius 3 is 2.30 bits per heavy atom. The van der Waals surface area contributed by atoms with Gasteiger partial charge in [-0.25, -0.2) is 13.1 Å². The van der Waals surface area contributed by atoms with Gasteiger partial charge in [0.15, 0.2) is 0 Å². The van der Waals surface area contributed by atoms with Gasteiger partial charge in [0, 0.05) is 24.5 Å². The lowest BCUT2D eigenvalue weighted by Gasteiger charge is -2.08. The van der Waals surface area contributed by atoms with Crippen LogP contribution in [0.2, 0.25) is 5.02 Å². The Hall–Kier alpha value is -1.89. The van der Waals surface area contributed by atoms with Gasteiger partial charge in [0.05, 0.1) is 4.90 Å². The fourth-order valence-corrected chi connectivity index (χ4v) is 3.05. The van der Waals surface area contributed by atoms with Crippen molar-refractivity contribution in [1.29, 1.82) is 0 Å². The zero-order valence-corrected chi connectivity index (χ0v) is 13.9. The molecule has 0 saturated heterocycles. The molecule has 122 valence electrons. The minimum absolute atomic E-state index is 0.0453. The number of carbonyl (C=O) groups is 1. The predicted molar refractivity (Wildman–Crippen MR) is 89.5 cm³/mol. The monoisotopic (exact) mass is 352 g/mol. The Bertz CT molecular complexity index is 747. The van der Waals surface area contributed by atoms with Gasteiger partial charge < -0.3 is 5.32 Å². The van der Waals surface area contributed by atoms with E-state index in [1.807, 2.05) is 12.1 Å². The van der Waals surface area contributed by atoms with E-state index in [0.717, 1.165) is 5.56 Å². The van der Waals surface area contributed by atoms with E-state index < -0.39 is 10.0 Å². The van der Waals surface area contributed by atoms with Gasteiger partial charge in [-0.3, -0.25) is 4.79 Å². The van der Waals surface area contributed by atoms with Gasteiger partial charge >= 0.3 is 0 Å². The molecule has 0 spiro atoms. The number of benzene rings is 2. The highest BCUT2D eigenvalue weighted by molar-refractivity contribution is 7.89. The molecule has 0 unspecified atom stereocenters. The van der Waals surface area contributed by atoms with Crippen LogP contribution in [-0.4, -0.2) is 20.9 Å². The van der Waals surface area contributed by atoms with Crippen molar-refractivity contribution in [1.82, 2.24) is 10.0 Å². The standard InChI is InChI=1S/C16H17ClN2O3S/c17-14-8-6-13(7-9-14)12-18-16(20)10-11-19-23(21,22)15-4-2-1-3-5-15/h1-9,19H,10-12H2,(H,18,20). The molecule has 0 saturated carbocycles. The van der Waals surface area contributed by atoms with E-state index in [2.05, 4.69) is 10.0 Å². The average Bonchev–Trinajstić information content (AvgIpc) is 2.55. The SMILES string of the molecule is O=C(CCNS(=O)(=O)c1ccccc1)NCc1ccc(Cl)cc1. The highest BCUT2D eigenvalue weighted by atomic mass is 35.5. The molecule has 0 atom stereocenters. The quantitative estimate of drug-likeness (QED) is 0.803. The predicted octanol–water partition coefficient (Wildman–Crippen LogP) is 2.32. The lowest BCUT2D eigenvalue weighted by atomic mass is 10.2. The second-order valence-electron chi connectivity index (χ2n) is 4.86. The summed E-state index contributed by atoms with van der Waals surface area (Å²) in [7, 11) is -3.57. The van der Waals surface area contributed by atoms with Crippen LogP contribution in [0.5, 0.6) is 0 Å². The van der Waals surface area contributed by atoms with Crippen molar-refractivity contribution in [3.63, 3.8) is 0 Å². The van der Waals surface area contributed by atoms with Gasteiger partial charge in [-0.2, -0.15) is 0 Å². The first-order chi connectivity index (χ1) is 11.0. The highest BCUT2D eigenvalue weighted by Gasteiger charge is 2.13. The van der Waals surface area contributed by atoms with Gasteiger partial charge in [-0.05, 0) is 29.8 Å². The smallest absolute Gasteiger partial charge is 0.240 e. The van der Waals surface area contributed by atoms with Gasteiger partial charge in [-0.1, -0.05) is 41.9 Å². The molecule has 7 heteroatoms. The van der Waals surface area contributed by atoms with E-state index in [1.165, 1.54) is 12.1 Å². The van der Waals surface area contributed by atoms with Crippen LogP contribution >= 0.6 is 11.6 Å². The van der Waals surface area contributed by atoms with Crippen LogP contribution in [0, 0.1) is 0 Å². The Morgan fingerprint density at radius 2 is 1.65 bits per heavy atom. The van der Waals surface area contributed by atoms with E-state index in [0.29, 0.717) is 11.6 Å². The van der Waals surface area contributed by atoms with Gasteiger partial charge in [-0.15, -0.1) is 0 Å². The van der Waals surface area contributed by atoms with Crippen LogP contribution in [0.3, 0.4) is 0 Å². The molecule has 0 heterocycles. The maximum atomic E-state index is 12.0. The van der Waals surface area contributed by atoms with Crippen molar-refractivity contribution in [2.24, 2.45) is 0 Å². The van der Waals surface area contributed by atoms with Crippen molar-refractivity contribution in [2.75, 3.05) is 6.54 Å². The zero-order valence-electron chi connectivity index (χ0n) is 12.3. The Balaban J connectivity index is 1.75. The fraction of sp³-hybridized carbons (Fsp3) is 0.188. The third-order valence-electron chi connectivity index (χ3n) is 3.10. The van der Waals surface area contributed by atoms with E-state index in [1.54, 1.807) is 30.3 Å².